The molecule has 1 unspecified atom stereocenters. The van der Waals surface area contributed by atoms with Gasteiger partial charge in [0.05, 0.1) is 16.0 Å². The highest BCUT2D eigenvalue weighted by molar-refractivity contribution is 9.10. The molecule has 0 spiro atoms. The monoisotopic (exact) mass is 494 g/mol. The second kappa shape index (κ2) is 8.66. The molecule has 0 aliphatic carbocycles. The summed E-state index contributed by atoms with van der Waals surface area (Å²) in [5.74, 6) is -2.47. The number of imide groups is 1. The van der Waals surface area contributed by atoms with Gasteiger partial charge in [-0.05, 0) is 42.3 Å². The third kappa shape index (κ3) is 4.45. The molecule has 0 bridgehead atoms. The van der Waals surface area contributed by atoms with Crippen molar-refractivity contribution in [2.24, 2.45) is 5.92 Å². The second-order valence-corrected chi connectivity index (χ2v) is 9.60. The molecular weight excluding hydrogens is 476 g/mol. The molecule has 2 aromatic rings. The molecule has 0 fully saturated rings. The zero-order valence-electron chi connectivity index (χ0n) is 16.2. The third-order valence-electron chi connectivity index (χ3n) is 4.54. The normalized spacial score (nSPS) is 14.7. The zero-order chi connectivity index (χ0) is 22.1. The van der Waals surface area contributed by atoms with Gasteiger partial charge in [0.2, 0.25) is 10.0 Å². The van der Waals surface area contributed by atoms with E-state index in [0.29, 0.717) is 4.47 Å². The Bertz CT molecular complexity index is 1060. The summed E-state index contributed by atoms with van der Waals surface area (Å²) < 4.78 is 33.4. The van der Waals surface area contributed by atoms with Crippen molar-refractivity contribution >= 4 is 43.7 Å². The van der Waals surface area contributed by atoms with Crippen molar-refractivity contribution in [3.8, 4) is 0 Å². The minimum atomic E-state index is -3.99. The lowest BCUT2D eigenvalue weighted by atomic mass is 10.1. The maximum atomic E-state index is 12.6. The molecule has 2 amide bonds. The highest BCUT2D eigenvalue weighted by atomic mass is 79.9. The van der Waals surface area contributed by atoms with Crippen LogP contribution in [0.25, 0.3) is 0 Å². The molecule has 3 rings (SSSR count). The molecule has 1 aliphatic heterocycles. The number of sulfonamides is 1. The van der Waals surface area contributed by atoms with Crippen molar-refractivity contribution in [1.29, 1.82) is 0 Å². The molecule has 30 heavy (non-hydrogen) atoms. The fraction of sp³-hybridized carbons (Fsp3) is 0.250. The minimum Gasteiger partial charge on any atom is -0.442 e. The van der Waals surface area contributed by atoms with Crippen LogP contribution < -0.4 is 4.72 Å². The van der Waals surface area contributed by atoms with Crippen LogP contribution in [-0.2, 0) is 19.6 Å². The molecule has 0 saturated carbocycles. The summed E-state index contributed by atoms with van der Waals surface area (Å²) in [6, 6.07) is 11.0. The van der Waals surface area contributed by atoms with Gasteiger partial charge in [0.15, 0.2) is 6.73 Å². The molecule has 1 aliphatic rings. The van der Waals surface area contributed by atoms with E-state index in [-0.39, 0.29) is 16.0 Å². The summed E-state index contributed by atoms with van der Waals surface area (Å²) in [5, 5.41) is 0. The first-order chi connectivity index (χ1) is 14.1. The summed E-state index contributed by atoms with van der Waals surface area (Å²) in [6.07, 6.45) is 0. The topological polar surface area (TPSA) is 110 Å². The second-order valence-electron chi connectivity index (χ2n) is 6.97. The van der Waals surface area contributed by atoms with Gasteiger partial charge in [0.25, 0.3) is 11.8 Å². The predicted octanol–water partition coefficient (Wildman–Crippen LogP) is 2.55. The maximum Gasteiger partial charge on any atom is 0.326 e. The lowest BCUT2D eigenvalue weighted by Crippen LogP contribution is -2.46. The number of nitrogens with one attached hydrogen (secondary N) is 1. The van der Waals surface area contributed by atoms with Gasteiger partial charge in [-0.25, -0.2) is 13.3 Å². The number of amides is 2. The van der Waals surface area contributed by atoms with Crippen LogP contribution in [0.4, 0.5) is 0 Å². The molecule has 8 nitrogen and oxygen atoms in total. The number of rotatable bonds is 7. The van der Waals surface area contributed by atoms with E-state index in [0.717, 1.165) is 4.90 Å². The molecule has 0 saturated heterocycles. The average molecular weight is 495 g/mol. The zero-order valence-corrected chi connectivity index (χ0v) is 18.6. The summed E-state index contributed by atoms with van der Waals surface area (Å²) in [6.45, 7) is 2.70. The smallest absolute Gasteiger partial charge is 0.326 e. The summed E-state index contributed by atoms with van der Waals surface area (Å²) in [5.41, 5.74) is 0.463. The maximum absolute atomic E-state index is 12.6. The first kappa shape index (κ1) is 22.1. The molecule has 1 N–H and O–H groups in total. The first-order valence-corrected chi connectivity index (χ1v) is 11.3. The van der Waals surface area contributed by atoms with Gasteiger partial charge in [0.1, 0.15) is 6.04 Å². The molecule has 2 aromatic carbocycles. The molecular formula is C20H19BrN2O6S. The SMILES string of the molecule is CC(C)C(NS(=O)(=O)c1ccc(Br)cc1)C(=O)OCN1C(=O)c2ccccc2C1=O. The number of esters is 1. The Morgan fingerprint density at radius 1 is 1.03 bits per heavy atom. The van der Waals surface area contributed by atoms with Gasteiger partial charge in [-0.15, -0.1) is 0 Å². The van der Waals surface area contributed by atoms with Crippen molar-refractivity contribution in [1.82, 2.24) is 9.62 Å². The van der Waals surface area contributed by atoms with Crippen LogP contribution in [0.3, 0.4) is 0 Å². The average Bonchev–Trinajstić information content (AvgIpc) is 2.95. The number of carbonyl (C=O) groups excluding carboxylic acids is 3. The molecule has 0 radical (unpaired) electrons. The van der Waals surface area contributed by atoms with E-state index in [1.54, 1.807) is 38.1 Å². The number of hydrogen-bond acceptors (Lipinski definition) is 6. The Labute approximate surface area is 182 Å². The quantitative estimate of drug-likeness (QED) is 0.467. The Kier molecular flexibility index (Phi) is 6.39. The van der Waals surface area contributed by atoms with Crippen LogP contribution in [-0.4, -0.2) is 43.9 Å². The van der Waals surface area contributed by atoms with Gasteiger partial charge in [-0.3, -0.25) is 14.4 Å². The van der Waals surface area contributed by atoms with Gasteiger partial charge in [-0.1, -0.05) is 41.9 Å². The van der Waals surface area contributed by atoms with E-state index in [4.69, 9.17) is 4.74 Å². The highest BCUT2D eigenvalue weighted by Gasteiger charge is 2.37. The van der Waals surface area contributed by atoms with Crippen LogP contribution in [0.5, 0.6) is 0 Å². The van der Waals surface area contributed by atoms with E-state index in [1.807, 2.05) is 0 Å². The fourth-order valence-corrected chi connectivity index (χ4v) is 4.48. The van der Waals surface area contributed by atoms with Crippen LogP contribution in [0.15, 0.2) is 57.9 Å². The van der Waals surface area contributed by atoms with E-state index in [9.17, 15) is 22.8 Å². The standard InChI is InChI=1S/C20H19BrN2O6S/c1-12(2)17(22-30(27,28)14-9-7-13(21)8-10-14)20(26)29-11-23-18(24)15-5-3-4-6-16(15)19(23)25/h3-10,12,17,22H,11H2,1-2H3. The van der Waals surface area contributed by atoms with Gasteiger partial charge in [0, 0.05) is 4.47 Å². The number of fused-ring (bicyclic) bond motifs is 1. The van der Waals surface area contributed by atoms with E-state index < -0.39 is 46.5 Å². The van der Waals surface area contributed by atoms with Crippen molar-refractivity contribution in [3.63, 3.8) is 0 Å². The Morgan fingerprint density at radius 3 is 2.07 bits per heavy atom. The minimum absolute atomic E-state index is 0.00972. The van der Waals surface area contributed by atoms with Gasteiger partial charge >= 0.3 is 5.97 Å². The fourth-order valence-electron chi connectivity index (χ4n) is 2.88. The summed E-state index contributed by atoms with van der Waals surface area (Å²) >= 11 is 3.23. The van der Waals surface area contributed by atoms with Gasteiger partial charge in [-0.2, -0.15) is 4.72 Å². The number of ether oxygens (including phenoxy) is 1. The Hall–Kier alpha value is -2.56. The van der Waals surface area contributed by atoms with E-state index in [2.05, 4.69) is 20.7 Å². The number of carbonyl (C=O) groups is 3. The van der Waals surface area contributed by atoms with E-state index in [1.165, 1.54) is 24.3 Å². The largest absolute Gasteiger partial charge is 0.442 e. The Balaban J connectivity index is 1.70. The van der Waals surface area contributed by atoms with Crippen molar-refractivity contribution in [3.05, 3.63) is 64.1 Å². The predicted molar refractivity (Wildman–Crippen MR) is 111 cm³/mol. The molecule has 1 heterocycles. The van der Waals surface area contributed by atoms with Crippen molar-refractivity contribution < 1.29 is 27.5 Å². The lowest BCUT2D eigenvalue weighted by Gasteiger charge is -2.22. The first-order valence-electron chi connectivity index (χ1n) is 9.01. The Morgan fingerprint density at radius 2 is 1.57 bits per heavy atom. The summed E-state index contributed by atoms with van der Waals surface area (Å²) in [4.78, 5) is 38.1. The van der Waals surface area contributed by atoms with Crippen LogP contribution in [0.1, 0.15) is 34.6 Å². The molecule has 1 atom stereocenters. The third-order valence-corrected chi connectivity index (χ3v) is 6.53. The van der Waals surface area contributed by atoms with Crippen LogP contribution in [0, 0.1) is 5.92 Å². The van der Waals surface area contributed by atoms with Crippen molar-refractivity contribution in [2.45, 2.75) is 24.8 Å². The number of nitrogens with zero attached hydrogens (tertiary/aromatic N) is 1. The highest BCUT2D eigenvalue weighted by Crippen LogP contribution is 2.22. The molecule has 10 heteroatoms. The molecule has 158 valence electrons. The van der Waals surface area contributed by atoms with E-state index >= 15 is 0 Å². The number of hydrogen-bond donors (Lipinski definition) is 1. The number of halogens is 1. The van der Waals surface area contributed by atoms with Crippen molar-refractivity contribution in [2.75, 3.05) is 6.73 Å². The summed E-state index contributed by atoms with van der Waals surface area (Å²) in [7, 11) is -3.99. The molecule has 0 aromatic heterocycles. The lowest BCUT2D eigenvalue weighted by molar-refractivity contribution is -0.149. The van der Waals surface area contributed by atoms with Crippen LogP contribution in [0.2, 0.25) is 0 Å². The van der Waals surface area contributed by atoms with Gasteiger partial charge < -0.3 is 4.74 Å². The van der Waals surface area contributed by atoms with Crippen LogP contribution >= 0.6 is 15.9 Å². The number of benzene rings is 2.